The lowest BCUT2D eigenvalue weighted by atomic mass is 10.1. The van der Waals surface area contributed by atoms with E-state index in [0.29, 0.717) is 17.1 Å². The molecule has 0 saturated carbocycles. The number of carbonyl (C=O) groups is 3. The third kappa shape index (κ3) is 6.44. The van der Waals surface area contributed by atoms with E-state index in [1.54, 1.807) is 24.3 Å². The van der Waals surface area contributed by atoms with E-state index in [1.807, 2.05) is 13.0 Å². The van der Waals surface area contributed by atoms with Gasteiger partial charge in [-0.2, -0.15) is 0 Å². The van der Waals surface area contributed by atoms with Crippen LogP contribution in [0.5, 0.6) is 5.75 Å². The number of carbonyl (C=O) groups excluding carboxylic acids is 2. The van der Waals surface area contributed by atoms with Crippen LogP contribution in [-0.4, -0.2) is 33.2 Å². The smallest absolute Gasteiger partial charge is 0.339 e. The molecule has 0 aliphatic rings. The van der Waals surface area contributed by atoms with Crippen molar-refractivity contribution in [1.29, 1.82) is 0 Å². The zero-order valence-electron chi connectivity index (χ0n) is 17.8. The van der Waals surface area contributed by atoms with Crippen molar-refractivity contribution >= 4 is 64.1 Å². The molecule has 10 heteroatoms. The number of aromatic hydroxyl groups is 1. The maximum absolute atomic E-state index is 12.8. The molecule has 34 heavy (non-hydrogen) atoms. The minimum absolute atomic E-state index is 0.235. The van der Waals surface area contributed by atoms with Crippen LogP contribution in [0.25, 0.3) is 0 Å². The fraction of sp³-hybridized carbons (Fsp3) is 0.125. The first-order chi connectivity index (χ1) is 16.2. The molecule has 0 saturated heterocycles. The van der Waals surface area contributed by atoms with Gasteiger partial charge in [0.25, 0.3) is 5.91 Å². The number of aromatic carboxylic acids is 1. The van der Waals surface area contributed by atoms with Gasteiger partial charge in [-0.1, -0.05) is 36.2 Å². The molecule has 0 heterocycles. The molecule has 0 fully saturated rings. The number of anilines is 2. The van der Waals surface area contributed by atoms with E-state index < -0.39 is 17.1 Å². The second kappa shape index (κ2) is 11.3. The highest BCUT2D eigenvalue weighted by molar-refractivity contribution is 8.00. The Hall–Kier alpha value is -3.20. The van der Waals surface area contributed by atoms with Crippen LogP contribution in [0.3, 0.4) is 0 Å². The number of carboxylic acids is 1. The fourth-order valence-electron chi connectivity index (χ4n) is 3.01. The third-order valence-corrected chi connectivity index (χ3v) is 6.61. The molecule has 3 aromatic carbocycles. The van der Waals surface area contributed by atoms with Crippen molar-refractivity contribution in [2.75, 3.05) is 10.6 Å². The van der Waals surface area contributed by atoms with E-state index in [0.717, 1.165) is 4.90 Å². The SMILES string of the molecule is CCC(Sc1cccc(NC(=O)c2ccc(Cl)cc2Cl)c1)C(=O)Nc1ccc(O)c(C(=O)O)c1. The minimum Gasteiger partial charge on any atom is -0.507 e. The predicted octanol–water partition coefficient (Wildman–Crippen LogP) is 6.16. The lowest BCUT2D eigenvalue weighted by Gasteiger charge is -2.16. The molecule has 3 rings (SSSR count). The lowest BCUT2D eigenvalue weighted by Crippen LogP contribution is -2.24. The van der Waals surface area contributed by atoms with Gasteiger partial charge in [-0.25, -0.2) is 4.79 Å². The first-order valence-electron chi connectivity index (χ1n) is 10.1. The van der Waals surface area contributed by atoms with Gasteiger partial charge in [0.1, 0.15) is 11.3 Å². The summed E-state index contributed by atoms with van der Waals surface area (Å²) in [6, 6.07) is 15.5. The first kappa shape index (κ1) is 25.4. The van der Waals surface area contributed by atoms with E-state index in [4.69, 9.17) is 28.3 Å². The Morgan fingerprint density at radius 2 is 1.68 bits per heavy atom. The Bertz CT molecular complexity index is 1250. The summed E-state index contributed by atoms with van der Waals surface area (Å²) in [6.07, 6.45) is 0.497. The van der Waals surface area contributed by atoms with Gasteiger partial charge in [0.15, 0.2) is 0 Å². The van der Waals surface area contributed by atoms with Gasteiger partial charge in [0.2, 0.25) is 5.91 Å². The topological polar surface area (TPSA) is 116 Å². The van der Waals surface area contributed by atoms with Crippen molar-refractivity contribution in [2.45, 2.75) is 23.5 Å². The van der Waals surface area contributed by atoms with Crippen LogP contribution in [-0.2, 0) is 4.79 Å². The average Bonchev–Trinajstić information content (AvgIpc) is 2.78. The number of thioether (sulfide) groups is 1. The van der Waals surface area contributed by atoms with Crippen LogP contribution in [0.2, 0.25) is 10.0 Å². The van der Waals surface area contributed by atoms with Crippen molar-refractivity contribution in [3.8, 4) is 5.75 Å². The van der Waals surface area contributed by atoms with Crippen molar-refractivity contribution in [2.24, 2.45) is 0 Å². The summed E-state index contributed by atoms with van der Waals surface area (Å²) in [5, 5.41) is 24.4. The van der Waals surface area contributed by atoms with Gasteiger partial charge in [-0.3, -0.25) is 9.59 Å². The number of carboxylic acid groups (broad SMARTS) is 1. The Labute approximate surface area is 210 Å². The van der Waals surface area contributed by atoms with E-state index >= 15 is 0 Å². The Morgan fingerprint density at radius 3 is 2.35 bits per heavy atom. The number of rotatable bonds is 8. The summed E-state index contributed by atoms with van der Waals surface area (Å²) >= 11 is 13.3. The van der Waals surface area contributed by atoms with Crippen LogP contribution in [0, 0.1) is 0 Å². The lowest BCUT2D eigenvalue weighted by molar-refractivity contribution is -0.115. The van der Waals surface area contributed by atoms with Crippen LogP contribution in [0.15, 0.2) is 65.6 Å². The number of hydrogen-bond donors (Lipinski definition) is 4. The summed E-state index contributed by atoms with van der Waals surface area (Å²) in [7, 11) is 0. The molecule has 3 aromatic rings. The van der Waals surface area contributed by atoms with Gasteiger partial charge in [0, 0.05) is 21.3 Å². The Morgan fingerprint density at radius 1 is 0.941 bits per heavy atom. The second-order valence-electron chi connectivity index (χ2n) is 7.15. The molecule has 0 bridgehead atoms. The summed E-state index contributed by atoms with van der Waals surface area (Å²) < 4.78 is 0. The minimum atomic E-state index is -1.30. The second-order valence-corrected chi connectivity index (χ2v) is 9.27. The number of nitrogens with one attached hydrogen (secondary N) is 2. The molecule has 1 atom stereocenters. The molecule has 7 nitrogen and oxygen atoms in total. The van der Waals surface area contributed by atoms with Crippen LogP contribution in [0.4, 0.5) is 11.4 Å². The van der Waals surface area contributed by atoms with Crippen molar-refractivity contribution in [3.05, 3.63) is 81.8 Å². The van der Waals surface area contributed by atoms with Crippen LogP contribution in [0.1, 0.15) is 34.1 Å². The molecule has 1 unspecified atom stereocenters. The first-order valence-corrected chi connectivity index (χ1v) is 11.7. The number of hydrogen-bond acceptors (Lipinski definition) is 5. The number of phenols is 1. The van der Waals surface area contributed by atoms with Crippen LogP contribution < -0.4 is 10.6 Å². The standard InChI is InChI=1S/C24H20Cl2N2O5S/c1-2-21(23(31)28-15-7-9-20(29)18(12-15)24(32)33)34-16-5-3-4-14(11-16)27-22(30)17-8-6-13(25)10-19(17)26/h3-12,21,29H,2H2,1H3,(H,27,30)(H,28,31)(H,32,33). The highest BCUT2D eigenvalue weighted by Crippen LogP contribution is 2.30. The molecule has 176 valence electrons. The van der Waals surface area contributed by atoms with Gasteiger partial charge in [-0.15, -0.1) is 11.8 Å². The number of halogens is 2. The average molecular weight is 519 g/mol. The molecule has 0 radical (unpaired) electrons. The molecule has 0 aromatic heterocycles. The molecule has 0 spiro atoms. The maximum atomic E-state index is 12.8. The highest BCUT2D eigenvalue weighted by Gasteiger charge is 2.20. The highest BCUT2D eigenvalue weighted by atomic mass is 35.5. The summed E-state index contributed by atoms with van der Waals surface area (Å²) in [6.45, 7) is 1.85. The zero-order chi connectivity index (χ0) is 24.8. The van der Waals surface area contributed by atoms with E-state index in [2.05, 4.69) is 10.6 Å². The number of benzene rings is 3. The van der Waals surface area contributed by atoms with Gasteiger partial charge < -0.3 is 20.8 Å². The molecular weight excluding hydrogens is 499 g/mol. The molecular formula is C24H20Cl2N2O5S. The largest absolute Gasteiger partial charge is 0.507 e. The van der Waals surface area contributed by atoms with Gasteiger partial charge in [-0.05, 0) is 61.0 Å². The van der Waals surface area contributed by atoms with Crippen molar-refractivity contribution in [3.63, 3.8) is 0 Å². The van der Waals surface area contributed by atoms with E-state index in [-0.39, 0.29) is 33.5 Å². The van der Waals surface area contributed by atoms with Crippen molar-refractivity contribution in [1.82, 2.24) is 0 Å². The van der Waals surface area contributed by atoms with Crippen LogP contribution >= 0.6 is 35.0 Å². The normalized spacial score (nSPS) is 11.5. The summed E-state index contributed by atoms with van der Waals surface area (Å²) in [5.74, 6) is -2.40. The Kier molecular flexibility index (Phi) is 8.44. The van der Waals surface area contributed by atoms with E-state index in [1.165, 1.54) is 42.1 Å². The fourth-order valence-corrected chi connectivity index (χ4v) is 4.52. The monoisotopic (exact) mass is 518 g/mol. The molecule has 0 aliphatic carbocycles. The van der Waals surface area contributed by atoms with Crippen molar-refractivity contribution < 1.29 is 24.6 Å². The molecule has 2 amide bonds. The summed E-state index contributed by atoms with van der Waals surface area (Å²) in [4.78, 5) is 37.3. The van der Waals surface area contributed by atoms with E-state index in [9.17, 15) is 19.5 Å². The molecule has 4 N–H and O–H groups in total. The van der Waals surface area contributed by atoms with Gasteiger partial charge >= 0.3 is 5.97 Å². The predicted molar refractivity (Wildman–Crippen MR) is 134 cm³/mol. The quantitative estimate of drug-likeness (QED) is 0.209. The molecule has 0 aliphatic heterocycles. The van der Waals surface area contributed by atoms with Gasteiger partial charge in [0.05, 0.1) is 15.8 Å². The third-order valence-electron chi connectivity index (χ3n) is 4.70. The number of amides is 2. The zero-order valence-corrected chi connectivity index (χ0v) is 20.2. The Balaban J connectivity index is 1.70. The maximum Gasteiger partial charge on any atom is 0.339 e. The summed E-state index contributed by atoms with van der Waals surface area (Å²) in [5.41, 5.74) is 0.772.